The lowest BCUT2D eigenvalue weighted by Crippen LogP contribution is -2.37. The third-order valence-electron chi connectivity index (χ3n) is 5.74. The van der Waals surface area contributed by atoms with E-state index in [4.69, 9.17) is 4.84 Å². The molecule has 2 aliphatic rings. The molecule has 3 aromatic carbocycles. The Labute approximate surface area is 173 Å². The van der Waals surface area contributed by atoms with E-state index in [0.29, 0.717) is 16.9 Å². The van der Waals surface area contributed by atoms with Crippen molar-refractivity contribution < 1.29 is 19.5 Å². The first-order chi connectivity index (χ1) is 14.6. The summed E-state index contributed by atoms with van der Waals surface area (Å²) < 4.78 is 0. The molecule has 2 heterocycles. The van der Waals surface area contributed by atoms with E-state index >= 15 is 0 Å². The number of benzene rings is 3. The van der Waals surface area contributed by atoms with Gasteiger partial charge in [-0.15, -0.1) is 0 Å². The third-order valence-corrected chi connectivity index (χ3v) is 5.74. The van der Waals surface area contributed by atoms with Crippen LogP contribution in [0.2, 0.25) is 0 Å². The van der Waals surface area contributed by atoms with Gasteiger partial charge in [-0.05, 0) is 36.8 Å². The third kappa shape index (κ3) is 2.69. The summed E-state index contributed by atoms with van der Waals surface area (Å²) in [6.45, 7) is 1.86. The van der Waals surface area contributed by atoms with E-state index < -0.39 is 24.0 Å². The smallest absolute Gasteiger partial charge is 0.266 e. The van der Waals surface area contributed by atoms with Crippen LogP contribution >= 0.6 is 0 Å². The van der Waals surface area contributed by atoms with Crippen molar-refractivity contribution in [3.05, 3.63) is 90.0 Å². The van der Waals surface area contributed by atoms with E-state index in [1.54, 1.807) is 41.5 Å². The number of aromatic hydroxyl groups is 1. The lowest BCUT2D eigenvalue weighted by atomic mass is 9.90. The first kappa shape index (κ1) is 18.4. The number of phenolic OH excluding ortho intramolecular Hbond substituents is 1. The minimum atomic E-state index is -0.957. The normalized spacial score (nSPS) is 23.2. The first-order valence-electron chi connectivity index (χ1n) is 9.80. The van der Waals surface area contributed by atoms with Crippen molar-refractivity contribution in [1.29, 1.82) is 0 Å². The quantitative estimate of drug-likeness (QED) is 0.678. The highest BCUT2D eigenvalue weighted by Crippen LogP contribution is 2.49. The van der Waals surface area contributed by atoms with E-state index in [1.165, 1.54) is 4.90 Å². The van der Waals surface area contributed by atoms with E-state index in [9.17, 15) is 14.7 Å². The van der Waals surface area contributed by atoms with E-state index in [0.717, 1.165) is 5.56 Å². The van der Waals surface area contributed by atoms with Crippen LogP contribution in [0.25, 0.3) is 0 Å². The summed E-state index contributed by atoms with van der Waals surface area (Å²) in [7, 11) is 0. The number of carbonyl (C=O) groups excluding carboxylic acids is 2. The van der Waals surface area contributed by atoms with Crippen molar-refractivity contribution in [3.8, 4) is 5.75 Å². The predicted octanol–water partition coefficient (Wildman–Crippen LogP) is 3.75. The van der Waals surface area contributed by atoms with Crippen molar-refractivity contribution in [1.82, 2.24) is 0 Å². The number of amides is 2. The average molecular weight is 400 g/mol. The maximum absolute atomic E-state index is 13.5. The molecule has 2 saturated heterocycles. The van der Waals surface area contributed by atoms with Crippen molar-refractivity contribution in [2.24, 2.45) is 5.92 Å². The van der Waals surface area contributed by atoms with Gasteiger partial charge in [0, 0.05) is 5.56 Å². The summed E-state index contributed by atoms with van der Waals surface area (Å²) in [5.74, 6) is -1.43. The van der Waals surface area contributed by atoms with E-state index in [2.05, 4.69) is 0 Å². The van der Waals surface area contributed by atoms with Gasteiger partial charge in [-0.2, -0.15) is 0 Å². The number of phenols is 1. The molecule has 0 aliphatic carbocycles. The summed E-state index contributed by atoms with van der Waals surface area (Å²) in [5.41, 5.74) is 2.65. The maximum atomic E-state index is 13.5. The molecule has 5 rings (SSSR count). The van der Waals surface area contributed by atoms with Crippen LogP contribution in [0.15, 0.2) is 78.9 Å². The Morgan fingerprint density at radius 1 is 0.833 bits per heavy atom. The molecule has 0 radical (unpaired) electrons. The molecule has 0 spiro atoms. The molecular weight excluding hydrogens is 380 g/mol. The summed E-state index contributed by atoms with van der Waals surface area (Å²) in [6, 6.07) is 22.8. The fourth-order valence-electron chi connectivity index (χ4n) is 4.32. The Balaban J connectivity index is 1.62. The lowest BCUT2D eigenvalue weighted by molar-refractivity contribution is -0.126. The molecular formula is C24H20N2O4. The zero-order chi connectivity index (χ0) is 20.8. The largest absolute Gasteiger partial charge is 0.508 e. The van der Waals surface area contributed by atoms with Crippen LogP contribution in [0, 0.1) is 12.8 Å². The van der Waals surface area contributed by atoms with Crippen LogP contribution in [0.5, 0.6) is 5.75 Å². The highest BCUT2D eigenvalue weighted by atomic mass is 16.7. The molecule has 2 aliphatic heterocycles. The minimum absolute atomic E-state index is 0.0577. The Morgan fingerprint density at radius 2 is 1.50 bits per heavy atom. The van der Waals surface area contributed by atoms with E-state index in [-0.39, 0.29) is 11.7 Å². The number of hydrogen-bond donors (Lipinski definition) is 1. The van der Waals surface area contributed by atoms with Crippen LogP contribution in [0.4, 0.5) is 11.4 Å². The predicted molar refractivity (Wildman–Crippen MR) is 112 cm³/mol. The van der Waals surface area contributed by atoms with Crippen molar-refractivity contribution in [2.75, 3.05) is 9.96 Å². The Morgan fingerprint density at radius 3 is 2.23 bits per heavy atom. The molecule has 150 valence electrons. The molecule has 2 fully saturated rings. The molecule has 2 amide bonds. The molecule has 0 bridgehead atoms. The number of rotatable bonds is 3. The van der Waals surface area contributed by atoms with Gasteiger partial charge >= 0.3 is 0 Å². The van der Waals surface area contributed by atoms with Gasteiger partial charge in [0.25, 0.3) is 5.91 Å². The lowest BCUT2D eigenvalue weighted by Gasteiger charge is -2.29. The van der Waals surface area contributed by atoms with Crippen molar-refractivity contribution in [3.63, 3.8) is 0 Å². The Bertz CT molecular complexity index is 1130. The van der Waals surface area contributed by atoms with Gasteiger partial charge in [0.05, 0.1) is 17.4 Å². The van der Waals surface area contributed by atoms with Crippen LogP contribution in [0.3, 0.4) is 0 Å². The molecule has 0 unspecified atom stereocenters. The Hall–Kier alpha value is -3.64. The number of fused-ring (bicyclic) bond motifs is 1. The van der Waals surface area contributed by atoms with E-state index in [1.807, 2.05) is 49.4 Å². The summed E-state index contributed by atoms with van der Waals surface area (Å²) in [6.07, 6.45) is -0.957. The van der Waals surface area contributed by atoms with Crippen molar-refractivity contribution in [2.45, 2.75) is 19.1 Å². The zero-order valence-corrected chi connectivity index (χ0v) is 16.3. The first-order valence-corrected chi connectivity index (χ1v) is 9.80. The second-order valence-corrected chi connectivity index (χ2v) is 7.52. The second-order valence-electron chi connectivity index (χ2n) is 7.52. The molecule has 6 heteroatoms. The highest BCUT2D eigenvalue weighted by molar-refractivity contribution is 6.24. The standard InChI is InChI=1S/C24H20N2O4/c1-15-9-5-7-13-18(15)25-23(28)20-21(17-12-6-8-14-19(17)27)26(30-22(20)24(25)29)16-10-3-2-4-11-16/h2-14,20-22,27H,1H3/t20-,21+,22-/m0/s1. The molecule has 30 heavy (non-hydrogen) atoms. The zero-order valence-electron chi connectivity index (χ0n) is 16.3. The highest BCUT2D eigenvalue weighted by Gasteiger charge is 2.60. The molecule has 1 N–H and O–H groups in total. The number of para-hydroxylation sites is 3. The summed E-state index contributed by atoms with van der Waals surface area (Å²) in [5, 5.41) is 12.1. The van der Waals surface area contributed by atoms with Crippen LogP contribution in [0.1, 0.15) is 17.2 Å². The van der Waals surface area contributed by atoms with Gasteiger partial charge in [-0.1, -0.05) is 54.6 Å². The van der Waals surface area contributed by atoms with Gasteiger partial charge in [-0.25, -0.2) is 9.96 Å². The SMILES string of the molecule is Cc1ccccc1N1C(=O)[C@@H]2[C@H](ON(c3ccccc3)[C@@H]2c2ccccc2O)C1=O. The molecule has 3 aromatic rings. The average Bonchev–Trinajstić information content (AvgIpc) is 3.26. The minimum Gasteiger partial charge on any atom is -0.508 e. The number of nitrogens with zero attached hydrogens (tertiary/aromatic N) is 2. The van der Waals surface area contributed by atoms with Crippen LogP contribution < -0.4 is 9.96 Å². The molecule has 0 saturated carbocycles. The van der Waals surface area contributed by atoms with Gasteiger partial charge in [0.15, 0.2) is 6.10 Å². The number of aryl methyl sites for hydroxylation is 1. The number of hydrogen-bond acceptors (Lipinski definition) is 5. The fourth-order valence-corrected chi connectivity index (χ4v) is 4.32. The van der Waals surface area contributed by atoms with Crippen LogP contribution in [-0.4, -0.2) is 23.0 Å². The number of anilines is 2. The number of hydroxylamine groups is 1. The summed E-state index contributed by atoms with van der Waals surface area (Å²) >= 11 is 0. The fraction of sp³-hybridized carbons (Fsp3) is 0.167. The number of carbonyl (C=O) groups is 2. The molecule has 3 atom stereocenters. The second kappa shape index (κ2) is 7.00. The maximum Gasteiger partial charge on any atom is 0.266 e. The monoisotopic (exact) mass is 400 g/mol. The topological polar surface area (TPSA) is 70.1 Å². The van der Waals surface area contributed by atoms with Gasteiger partial charge in [0.1, 0.15) is 11.7 Å². The Kier molecular flexibility index (Phi) is 4.29. The number of imide groups is 1. The van der Waals surface area contributed by atoms with Gasteiger partial charge in [0.2, 0.25) is 5.91 Å². The van der Waals surface area contributed by atoms with Gasteiger partial charge < -0.3 is 5.11 Å². The molecule has 0 aromatic heterocycles. The molecule has 6 nitrogen and oxygen atoms in total. The van der Waals surface area contributed by atoms with Crippen LogP contribution in [-0.2, 0) is 14.4 Å². The van der Waals surface area contributed by atoms with Crippen molar-refractivity contribution >= 4 is 23.2 Å². The summed E-state index contributed by atoms with van der Waals surface area (Å²) in [4.78, 5) is 34.1. The van der Waals surface area contributed by atoms with Gasteiger partial charge in [-0.3, -0.25) is 14.4 Å².